The van der Waals surface area contributed by atoms with E-state index in [4.69, 9.17) is 0 Å². The normalized spacial score (nSPS) is 14.6. The highest BCUT2D eigenvalue weighted by Gasteiger charge is 2.26. The number of halogens is 2. The number of benzene rings is 2. The molecule has 1 heterocycles. The minimum atomic E-state index is -3.32. The van der Waals surface area contributed by atoms with E-state index in [0.29, 0.717) is 25.1 Å². The number of carbonyl (C=O) groups excluding carboxylic acids is 1. The minimum absolute atomic E-state index is 0.0886. The van der Waals surface area contributed by atoms with E-state index < -0.39 is 33.1 Å². The van der Waals surface area contributed by atoms with Gasteiger partial charge in [0.05, 0.1) is 5.75 Å². The largest absolute Gasteiger partial charge is 0.322 e. The Morgan fingerprint density at radius 1 is 1.15 bits per heavy atom. The molecule has 8 heteroatoms. The summed E-state index contributed by atoms with van der Waals surface area (Å²) >= 11 is 0. The molecule has 3 rings (SSSR count). The summed E-state index contributed by atoms with van der Waals surface area (Å²) in [6.07, 6.45) is 1.12. The average Bonchev–Trinajstić information content (AvgIpc) is 2.61. The lowest BCUT2D eigenvalue weighted by atomic mass is 10.0. The molecule has 0 atom stereocenters. The summed E-state index contributed by atoms with van der Waals surface area (Å²) in [7, 11) is -3.32. The summed E-state index contributed by atoms with van der Waals surface area (Å²) in [4.78, 5) is 12.2. The lowest BCUT2D eigenvalue weighted by Crippen LogP contribution is -2.37. The van der Waals surface area contributed by atoms with Gasteiger partial charge in [-0.25, -0.2) is 17.2 Å². The number of fused-ring (bicyclic) bond motifs is 1. The average molecular weight is 394 g/mol. The Labute approximate surface area is 157 Å². The highest BCUT2D eigenvalue weighted by molar-refractivity contribution is 7.89. The zero-order chi connectivity index (χ0) is 19.6. The molecule has 0 aromatic heterocycles. The Morgan fingerprint density at radius 2 is 1.85 bits per heavy atom. The maximum absolute atomic E-state index is 13.8. The SMILES string of the molecule is CCCS(=O)(=O)N1CCc2ccc(NC(=O)c3c(F)cccc3F)cc2C1. The van der Waals surface area contributed by atoms with E-state index in [-0.39, 0.29) is 12.3 Å². The second-order valence-corrected chi connectivity index (χ2v) is 8.52. The standard InChI is InChI=1S/C19H20F2N2O3S/c1-2-10-27(25,26)23-9-8-13-6-7-15(11-14(13)12-23)22-19(24)18-16(20)4-3-5-17(18)21/h3-7,11H,2,8-10,12H2,1H3,(H,22,24). The van der Waals surface area contributed by atoms with Crippen LogP contribution in [0.15, 0.2) is 36.4 Å². The van der Waals surface area contributed by atoms with E-state index in [2.05, 4.69) is 5.32 Å². The number of nitrogens with zero attached hydrogens (tertiary/aromatic N) is 1. The van der Waals surface area contributed by atoms with Crippen molar-refractivity contribution in [1.82, 2.24) is 4.31 Å². The van der Waals surface area contributed by atoms with Crippen LogP contribution in [0.4, 0.5) is 14.5 Å². The maximum Gasteiger partial charge on any atom is 0.261 e. The van der Waals surface area contributed by atoms with Crippen molar-refractivity contribution in [2.45, 2.75) is 26.3 Å². The van der Waals surface area contributed by atoms with Gasteiger partial charge in [0.25, 0.3) is 5.91 Å². The summed E-state index contributed by atoms with van der Waals surface area (Å²) in [6, 6.07) is 8.31. The van der Waals surface area contributed by atoms with Crippen LogP contribution >= 0.6 is 0 Å². The van der Waals surface area contributed by atoms with Gasteiger partial charge < -0.3 is 5.32 Å². The van der Waals surface area contributed by atoms with Crippen molar-refractivity contribution in [2.75, 3.05) is 17.6 Å². The molecular weight excluding hydrogens is 374 g/mol. The van der Waals surface area contributed by atoms with E-state index in [1.165, 1.54) is 10.4 Å². The predicted octanol–water partition coefficient (Wildman–Crippen LogP) is 3.32. The number of hydrogen-bond donors (Lipinski definition) is 1. The van der Waals surface area contributed by atoms with Crippen LogP contribution in [0, 0.1) is 11.6 Å². The molecule has 0 saturated heterocycles. The lowest BCUT2D eigenvalue weighted by molar-refractivity contribution is 0.101. The van der Waals surface area contributed by atoms with Crippen LogP contribution in [-0.4, -0.2) is 30.9 Å². The number of sulfonamides is 1. The van der Waals surface area contributed by atoms with Gasteiger partial charge >= 0.3 is 0 Å². The van der Waals surface area contributed by atoms with Gasteiger partial charge in [0.1, 0.15) is 17.2 Å². The molecule has 1 N–H and O–H groups in total. The van der Waals surface area contributed by atoms with Gasteiger partial charge in [-0.05, 0) is 48.2 Å². The van der Waals surface area contributed by atoms with Crippen molar-refractivity contribution in [3.63, 3.8) is 0 Å². The highest BCUT2D eigenvalue weighted by atomic mass is 32.2. The summed E-state index contributed by atoms with van der Waals surface area (Å²) in [5.74, 6) is -2.69. The van der Waals surface area contributed by atoms with Gasteiger partial charge in [0.2, 0.25) is 10.0 Å². The van der Waals surface area contributed by atoms with Gasteiger partial charge in [0.15, 0.2) is 0 Å². The number of amides is 1. The molecule has 0 aliphatic carbocycles. The summed E-state index contributed by atoms with van der Waals surface area (Å²) in [5, 5.41) is 2.48. The zero-order valence-electron chi connectivity index (χ0n) is 14.8. The van der Waals surface area contributed by atoms with E-state index in [1.807, 2.05) is 6.92 Å². The first-order valence-corrected chi connectivity index (χ1v) is 10.3. The maximum atomic E-state index is 13.8. The second kappa shape index (κ2) is 7.74. The van der Waals surface area contributed by atoms with Gasteiger partial charge in [-0.1, -0.05) is 19.1 Å². The van der Waals surface area contributed by atoms with Gasteiger partial charge in [-0.3, -0.25) is 4.79 Å². The molecule has 0 fully saturated rings. The predicted molar refractivity (Wildman–Crippen MR) is 98.9 cm³/mol. The molecule has 144 valence electrons. The van der Waals surface area contributed by atoms with Crippen molar-refractivity contribution in [3.8, 4) is 0 Å². The van der Waals surface area contributed by atoms with E-state index >= 15 is 0 Å². The van der Waals surface area contributed by atoms with Gasteiger partial charge in [-0.15, -0.1) is 0 Å². The van der Waals surface area contributed by atoms with E-state index in [9.17, 15) is 22.0 Å². The molecule has 2 aromatic rings. The van der Waals surface area contributed by atoms with Crippen molar-refractivity contribution in [1.29, 1.82) is 0 Å². The van der Waals surface area contributed by atoms with E-state index in [1.54, 1.807) is 18.2 Å². The first-order chi connectivity index (χ1) is 12.8. The Morgan fingerprint density at radius 3 is 2.52 bits per heavy atom. The summed E-state index contributed by atoms with van der Waals surface area (Å²) in [5.41, 5.74) is 1.47. The van der Waals surface area contributed by atoms with Crippen LogP contribution in [0.1, 0.15) is 34.8 Å². The number of hydrogen-bond acceptors (Lipinski definition) is 3. The monoisotopic (exact) mass is 394 g/mol. The summed E-state index contributed by atoms with van der Waals surface area (Å²) < 4.78 is 53.5. The van der Waals surface area contributed by atoms with Crippen molar-refractivity contribution < 1.29 is 22.0 Å². The van der Waals surface area contributed by atoms with Crippen LogP contribution in [0.5, 0.6) is 0 Å². The van der Waals surface area contributed by atoms with Crippen LogP contribution in [0.25, 0.3) is 0 Å². The first kappa shape index (κ1) is 19.4. The number of carbonyl (C=O) groups is 1. The molecule has 5 nitrogen and oxygen atoms in total. The molecule has 1 aliphatic rings. The third kappa shape index (κ3) is 4.17. The fraction of sp³-hybridized carbons (Fsp3) is 0.316. The van der Waals surface area contributed by atoms with Crippen molar-refractivity contribution >= 4 is 21.6 Å². The van der Waals surface area contributed by atoms with Gasteiger partial charge in [-0.2, -0.15) is 4.31 Å². The minimum Gasteiger partial charge on any atom is -0.322 e. The Hall–Kier alpha value is -2.32. The van der Waals surface area contributed by atoms with Crippen molar-refractivity contribution in [3.05, 3.63) is 64.7 Å². The Balaban J connectivity index is 1.81. The van der Waals surface area contributed by atoms with Crippen LogP contribution < -0.4 is 5.32 Å². The quantitative estimate of drug-likeness (QED) is 0.846. The molecule has 1 amide bonds. The fourth-order valence-electron chi connectivity index (χ4n) is 3.14. The number of nitrogens with one attached hydrogen (secondary N) is 1. The molecule has 0 saturated carbocycles. The first-order valence-electron chi connectivity index (χ1n) is 8.67. The molecule has 2 aromatic carbocycles. The summed E-state index contributed by atoms with van der Waals surface area (Å²) in [6.45, 7) is 2.45. The fourth-order valence-corrected chi connectivity index (χ4v) is 4.62. The second-order valence-electron chi connectivity index (χ2n) is 6.43. The van der Waals surface area contributed by atoms with Crippen LogP contribution in [0.3, 0.4) is 0 Å². The topological polar surface area (TPSA) is 66.5 Å². The van der Waals surface area contributed by atoms with Crippen LogP contribution in [-0.2, 0) is 23.0 Å². The number of anilines is 1. The van der Waals surface area contributed by atoms with Crippen molar-refractivity contribution in [2.24, 2.45) is 0 Å². The third-order valence-corrected chi connectivity index (χ3v) is 6.51. The Kier molecular flexibility index (Phi) is 5.57. The molecule has 27 heavy (non-hydrogen) atoms. The zero-order valence-corrected chi connectivity index (χ0v) is 15.7. The van der Waals surface area contributed by atoms with E-state index in [0.717, 1.165) is 23.3 Å². The smallest absolute Gasteiger partial charge is 0.261 e. The van der Waals surface area contributed by atoms with Gasteiger partial charge in [0, 0.05) is 18.8 Å². The molecular formula is C19H20F2N2O3S. The molecule has 1 aliphatic heterocycles. The number of rotatable bonds is 5. The lowest BCUT2D eigenvalue weighted by Gasteiger charge is -2.28. The highest BCUT2D eigenvalue weighted by Crippen LogP contribution is 2.25. The molecule has 0 radical (unpaired) electrons. The Bertz CT molecular complexity index is 957. The third-order valence-electron chi connectivity index (χ3n) is 4.49. The molecule has 0 unspecified atom stereocenters. The van der Waals surface area contributed by atoms with Crippen LogP contribution in [0.2, 0.25) is 0 Å². The molecule has 0 spiro atoms. The molecule has 0 bridgehead atoms.